The average Bonchev–Trinajstić information content (AvgIpc) is 2.85. The van der Waals surface area contributed by atoms with Crippen LogP contribution in [0.15, 0.2) is 36.9 Å². The minimum absolute atomic E-state index is 0.262. The number of hydrogen-bond acceptors (Lipinski definition) is 3. The number of carbonyl (C=O) groups is 1. The number of imidazole rings is 1. The lowest BCUT2D eigenvalue weighted by Gasteiger charge is -2.09. The van der Waals surface area contributed by atoms with E-state index in [1.54, 1.807) is 0 Å². The van der Waals surface area contributed by atoms with E-state index in [-0.39, 0.29) is 5.75 Å². The molecule has 88 valence electrons. The number of methoxy groups -OCH3 is 1. The summed E-state index contributed by atoms with van der Waals surface area (Å²) in [5.41, 5.74) is 0.396. The van der Waals surface area contributed by atoms with Crippen molar-refractivity contribution in [1.29, 1.82) is 0 Å². The van der Waals surface area contributed by atoms with Gasteiger partial charge in [0.15, 0.2) is 0 Å². The minimum Gasteiger partial charge on any atom is -0.494 e. The normalized spacial score (nSPS) is 10.0. The number of halogens is 1. The smallest absolute Gasteiger partial charge is 0.331 e. The van der Waals surface area contributed by atoms with Gasteiger partial charge in [-0.1, -0.05) is 0 Å². The Balaban J connectivity index is 2.21. The number of ether oxygens (including phenoxy) is 1. The van der Waals surface area contributed by atoms with Gasteiger partial charge in [-0.05, 0) is 12.1 Å². The van der Waals surface area contributed by atoms with Crippen LogP contribution in [0, 0.1) is 5.82 Å². The van der Waals surface area contributed by atoms with Crippen LogP contribution in [0.25, 0.3) is 0 Å². The highest BCUT2D eigenvalue weighted by Gasteiger charge is 2.09. The van der Waals surface area contributed by atoms with Crippen LogP contribution in [0.1, 0.15) is 0 Å². The summed E-state index contributed by atoms with van der Waals surface area (Å²) in [6, 6.07) is 3.48. The van der Waals surface area contributed by atoms with Gasteiger partial charge in [0.1, 0.15) is 17.9 Å². The maximum atomic E-state index is 12.9. The second-order valence-corrected chi connectivity index (χ2v) is 3.24. The first-order chi connectivity index (χ1) is 8.20. The molecule has 0 aliphatic carbocycles. The summed E-state index contributed by atoms with van der Waals surface area (Å²) in [6.07, 6.45) is 4.36. The van der Waals surface area contributed by atoms with E-state index < -0.39 is 11.8 Å². The maximum absolute atomic E-state index is 12.9. The van der Waals surface area contributed by atoms with E-state index in [1.165, 1.54) is 48.6 Å². The number of anilines is 1. The topological polar surface area (TPSA) is 56.1 Å². The number of carbonyl (C=O) groups excluding carboxylic acids is 1. The van der Waals surface area contributed by atoms with E-state index in [1.807, 2.05) is 0 Å². The van der Waals surface area contributed by atoms with E-state index >= 15 is 0 Å². The van der Waals surface area contributed by atoms with E-state index in [9.17, 15) is 9.18 Å². The van der Waals surface area contributed by atoms with Crippen LogP contribution < -0.4 is 10.1 Å². The Morgan fingerprint density at radius 2 is 2.35 bits per heavy atom. The molecule has 2 aromatic rings. The summed E-state index contributed by atoms with van der Waals surface area (Å²) in [5, 5.41) is 2.58. The molecule has 0 unspecified atom stereocenters. The van der Waals surface area contributed by atoms with Crippen LogP contribution in [0.2, 0.25) is 0 Å². The Hall–Kier alpha value is -2.37. The Kier molecular flexibility index (Phi) is 3.04. The Labute approximate surface area is 96.8 Å². The molecule has 0 saturated heterocycles. The SMILES string of the molecule is COc1cc(F)ccc1NC(=O)n1ccnc1. The summed E-state index contributed by atoms with van der Waals surface area (Å²) in [6.45, 7) is 0. The molecule has 1 aromatic carbocycles. The summed E-state index contributed by atoms with van der Waals surface area (Å²) >= 11 is 0. The van der Waals surface area contributed by atoms with Gasteiger partial charge in [-0.3, -0.25) is 4.57 Å². The van der Waals surface area contributed by atoms with Gasteiger partial charge in [-0.15, -0.1) is 0 Å². The first kappa shape index (κ1) is 11.1. The number of benzene rings is 1. The van der Waals surface area contributed by atoms with Gasteiger partial charge in [0.25, 0.3) is 0 Å². The molecule has 1 N–H and O–H groups in total. The molecule has 1 aromatic heterocycles. The summed E-state index contributed by atoms with van der Waals surface area (Å²) < 4.78 is 19.2. The molecule has 1 heterocycles. The first-order valence-corrected chi connectivity index (χ1v) is 4.83. The zero-order chi connectivity index (χ0) is 12.3. The predicted octanol–water partition coefficient (Wildman–Crippen LogP) is 2.11. The molecule has 6 heteroatoms. The fourth-order valence-electron chi connectivity index (χ4n) is 1.33. The predicted molar refractivity (Wildman–Crippen MR) is 59.6 cm³/mol. The van der Waals surface area contributed by atoms with Crippen molar-refractivity contribution in [2.45, 2.75) is 0 Å². The number of nitrogens with zero attached hydrogens (tertiary/aromatic N) is 2. The highest BCUT2D eigenvalue weighted by atomic mass is 19.1. The van der Waals surface area contributed by atoms with Crippen molar-refractivity contribution in [2.75, 3.05) is 12.4 Å². The van der Waals surface area contributed by atoms with Crippen molar-refractivity contribution in [2.24, 2.45) is 0 Å². The number of aromatic nitrogens is 2. The van der Waals surface area contributed by atoms with E-state index in [0.717, 1.165) is 0 Å². The Morgan fingerprint density at radius 3 is 3.00 bits per heavy atom. The summed E-state index contributed by atoms with van der Waals surface area (Å²) in [5.74, 6) is -0.166. The second kappa shape index (κ2) is 4.65. The fraction of sp³-hybridized carbons (Fsp3) is 0.0909. The van der Waals surface area contributed by atoms with Gasteiger partial charge < -0.3 is 10.1 Å². The molecule has 0 aliphatic rings. The van der Waals surface area contributed by atoms with Crippen LogP contribution in [0.4, 0.5) is 14.9 Å². The van der Waals surface area contributed by atoms with Crippen molar-refractivity contribution in [3.63, 3.8) is 0 Å². The Morgan fingerprint density at radius 1 is 1.53 bits per heavy atom. The lowest BCUT2D eigenvalue weighted by molar-refractivity contribution is 0.253. The van der Waals surface area contributed by atoms with Crippen molar-refractivity contribution in [3.05, 3.63) is 42.7 Å². The van der Waals surface area contributed by atoms with Gasteiger partial charge in [-0.25, -0.2) is 14.2 Å². The minimum atomic E-state index is -0.428. The Bertz CT molecular complexity index is 526. The van der Waals surface area contributed by atoms with Crippen molar-refractivity contribution < 1.29 is 13.9 Å². The largest absolute Gasteiger partial charge is 0.494 e. The third-order valence-electron chi connectivity index (χ3n) is 2.14. The lowest BCUT2D eigenvalue weighted by atomic mass is 10.3. The van der Waals surface area contributed by atoms with Crippen LogP contribution in [0.3, 0.4) is 0 Å². The highest BCUT2D eigenvalue weighted by molar-refractivity contribution is 5.92. The van der Waals surface area contributed by atoms with Crippen LogP contribution >= 0.6 is 0 Å². The molecule has 0 saturated carbocycles. The zero-order valence-corrected chi connectivity index (χ0v) is 9.05. The molecule has 5 nitrogen and oxygen atoms in total. The van der Waals surface area contributed by atoms with Crippen LogP contribution in [0.5, 0.6) is 5.75 Å². The molecule has 0 fully saturated rings. The monoisotopic (exact) mass is 235 g/mol. The average molecular weight is 235 g/mol. The molecule has 2 rings (SSSR count). The van der Waals surface area contributed by atoms with Crippen molar-refractivity contribution in [1.82, 2.24) is 9.55 Å². The van der Waals surface area contributed by atoms with Crippen LogP contribution in [-0.2, 0) is 0 Å². The number of nitrogens with one attached hydrogen (secondary N) is 1. The third-order valence-corrected chi connectivity index (χ3v) is 2.14. The van der Waals surface area contributed by atoms with Gasteiger partial charge in [0.05, 0.1) is 12.8 Å². The van der Waals surface area contributed by atoms with E-state index in [0.29, 0.717) is 5.69 Å². The van der Waals surface area contributed by atoms with Gasteiger partial charge in [-0.2, -0.15) is 0 Å². The van der Waals surface area contributed by atoms with Gasteiger partial charge in [0.2, 0.25) is 0 Å². The first-order valence-electron chi connectivity index (χ1n) is 4.83. The molecule has 0 radical (unpaired) electrons. The highest BCUT2D eigenvalue weighted by Crippen LogP contribution is 2.24. The molecule has 1 amide bonds. The number of amides is 1. The molecule has 0 atom stereocenters. The lowest BCUT2D eigenvalue weighted by Crippen LogP contribution is -2.18. The molecule has 0 spiro atoms. The molecule has 0 bridgehead atoms. The number of rotatable bonds is 2. The zero-order valence-electron chi connectivity index (χ0n) is 9.05. The quantitative estimate of drug-likeness (QED) is 0.867. The van der Waals surface area contributed by atoms with E-state index in [4.69, 9.17) is 4.74 Å². The summed E-state index contributed by atoms with van der Waals surface area (Å²) in [4.78, 5) is 15.4. The third kappa shape index (κ3) is 2.41. The van der Waals surface area contributed by atoms with Crippen molar-refractivity contribution in [3.8, 4) is 5.75 Å². The second-order valence-electron chi connectivity index (χ2n) is 3.24. The standard InChI is InChI=1S/C11H10FN3O2/c1-17-10-6-8(12)2-3-9(10)14-11(16)15-5-4-13-7-15/h2-7H,1H3,(H,14,16). The molecular formula is C11H10FN3O2. The van der Waals surface area contributed by atoms with E-state index in [2.05, 4.69) is 10.3 Å². The van der Waals surface area contributed by atoms with Crippen molar-refractivity contribution >= 4 is 11.7 Å². The van der Waals surface area contributed by atoms with Crippen LogP contribution in [-0.4, -0.2) is 22.7 Å². The number of hydrogen-bond donors (Lipinski definition) is 1. The molecule has 17 heavy (non-hydrogen) atoms. The van der Waals surface area contributed by atoms with Gasteiger partial charge in [0, 0.05) is 18.5 Å². The molecule has 0 aliphatic heterocycles. The fourth-order valence-corrected chi connectivity index (χ4v) is 1.33. The molecular weight excluding hydrogens is 225 g/mol. The summed E-state index contributed by atoms with van der Waals surface area (Å²) in [7, 11) is 1.40. The maximum Gasteiger partial charge on any atom is 0.331 e. The van der Waals surface area contributed by atoms with Gasteiger partial charge >= 0.3 is 6.03 Å².